The zero-order valence-corrected chi connectivity index (χ0v) is 13.5. The third-order valence-electron chi connectivity index (χ3n) is 5.03. The second-order valence-electron chi connectivity index (χ2n) is 6.51. The predicted molar refractivity (Wildman–Crippen MR) is 89.0 cm³/mol. The van der Waals surface area contributed by atoms with Gasteiger partial charge in [-0.2, -0.15) is 0 Å². The van der Waals surface area contributed by atoms with E-state index in [0.29, 0.717) is 19.4 Å². The van der Waals surface area contributed by atoms with E-state index in [-0.39, 0.29) is 17.7 Å². The highest BCUT2D eigenvalue weighted by molar-refractivity contribution is 6.00. The number of fused-ring (bicyclic) bond motifs is 1. The SMILES string of the molecule is CCC(C(=O)c1ccc2c(c1)CCN2)N1CCCC(C(=O)O)C1. The predicted octanol–water partition coefficient (Wildman–Crippen LogP) is 2.41. The van der Waals surface area contributed by atoms with Gasteiger partial charge >= 0.3 is 5.97 Å². The summed E-state index contributed by atoms with van der Waals surface area (Å²) in [6.45, 7) is 4.21. The van der Waals surface area contributed by atoms with E-state index in [9.17, 15) is 14.7 Å². The number of carboxylic acids is 1. The molecule has 0 amide bonds. The number of piperidine rings is 1. The maximum absolute atomic E-state index is 12.9. The Hall–Kier alpha value is -1.88. The first-order valence-electron chi connectivity index (χ1n) is 8.48. The van der Waals surface area contributed by atoms with Gasteiger partial charge in [-0.25, -0.2) is 0 Å². The summed E-state index contributed by atoms with van der Waals surface area (Å²) in [5.74, 6) is -0.983. The Morgan fingerprint density at radius 3 is 3.00 bits per heavy atom. The van der Waals surface area contributed by atoms with Crippen molar-refractivity contribution in [1.29, 1.82) is 0 Å². The summed E-state index contributed by atoms with van der Waals surface area (Å²) in [4.78, 5) is 26.3. The van der Waals surface area contributed by atoms with Crippen molar-refractivity contribution >= 4 is 17.4 Å². The molecule has 124 valence electrons. The number of benzene rings is 1. The van der Waals surface area contributed by atoms with Crippen LogP contribution in [0.1, 0.15) is 42.1 Å². The van der Waals surface area contributed by atoms with E-state index in [1.165, 1.54) is 5.56 Å². The lowest BCUT2D eigenvalue weighted by molar-refractivity contribution is -0.143. The second-order valence-corrected chi connectivity index (χ2v) is 6.51. The van der Waals surface area contributed by atoms with Gasteiger partial charge in [-0.3, -0.25) is 14.5 Å². The molecular weight excluding hydrogens is 292 g/mol. The lowest BCUT2D eigenvalue weighted by Crippen LogP contribution is -2.47. The Balaban J connectivity index is 1.77. The van der Waals surface area contributed by atoms with E-state index in [1.54, 1.807) is 0 Å². The zero-order chi connectivity index (χ0) is 16.4. The summed E-state index contributed by atoms with van der Waals surface area (Å²) in [6.07, 6.45) is 3.22. The minimum atomic E-state index is -0.749. The largest absolute Gasteiger partial charge is 0.481 e. The third kappa shape index (κ3) is 3.24. The Labute approximate surface area is 136 Å². The first kappa shape index (κ1) is 16.0. The topological polar surface area (TPSA) is 69.6 Å². The number of carbonyl (C=O) groups is 2. The number of hydrogen-bond acceptors (Lipinski definition) is 4. The smallest absolute Gasteiger partial charge is 0.307 e. The fourth-order valence-corrected chi connectivity index (χ4v) is 3.75. The maximum atomic E-state index is 12.9. The second kappa shape index (κ2) is 6.71. The Morgan fingerprint density at radius 2 is 2.26 bits per heavy atom. The van der Waals surface area contributed by atoms with Crippen LogP contribution in [0.4, 0.5) is 5.69 Å². The normalized spacial score (nSPS) is 22.2. The average molecular weight is 316 g/mol. The molecular formula is C18H24N2O3. The van der Waals surface area contributed by atoms with Crippen LogP contribution in [0.15, 0.2) is 18.2 Å². The van der Waals surface area contributed by atoms with Crippen molar-refractivity contribution in [2.24, 2.45) is 5.92 Å². The molecule has 23 heavy (non-hydrogen) atoms. The van der Waals surface area contributed by atoms with Crippen LogP contribution in [0.3, 0.4) is 0 Å². The van der Waals surface area contributed by atoms with E-state index in [2.05, 4.69) is 10.2 Å². The third-order valence-corrected chi connectivity index (χ3v) is 5.03. The minimum Gasteiger partial charge on any atom is -0.481 e. The first-order valence-corrected chi connectivity index (χ1v) is 8.48. The molecule has 2 N–H and O–H groups in total. The molecule has 2 atom stereocenters. The van der Waals surface area contributed by atoms with Crippen molar-refractivity contribution in [3.8, 4) is 0 Å². The van der Waals surface area contributed by atoms with E-state index in [4.69, 9.17) is 0 Å². The number of likely N-dealkylation sites (tertiary alicyclic amines) is 1. The van der Waals surface area contributed by atoms with Gasteiger partial charge in [-0.15, -0.1) is 0 Å². The summed E-state index contributed by atoms with van der Waals surface area (Å²) >= 11 is 0. The molecule has 2 aliphatic heterocycles. The summed E-state index contributed by atoms with van der Waals surface area (Å²) in [6, 6.07) is 5.66. The molecule has 5 nitrogen and oxygen atoms in total. The first-order chi connectivity index (χ1) is 11.1. The van der Waals surface area contributed by atoms with E-state index >= 15 is 0 Å². The lowest BCUT2D eigenvalue weighted by Gasteiger charge is -2.35. The van der Waals surface area contributed by atoms with Crippen molar-refractivity contribution in [1.82, 2.24) is 4.90 Å². The molecule has 3 rings (SSSR count). The fraction of sp³-hybridized carbons (Fsp3) is 0.556. The molecule has 1 aromatic carbocycles. The zero-order valence-electron chi connectivity index (χ0n) is 13.5. The minimum absolute atomic E-state index is 0.119. The summed E-state index contributed by atoms with van der Waals surface area (Å²) in [7, 11) is 0. The molecule has 0 spiro atoms. The van der Waals surface area contributed by atoms with Crippen LogP contribution >= 0.6 is 0 Å². The van der Waals surface area contributed by atoms with Crippen LogP contribution in [0.2, 0.25) is 0 Å². The molecule has 0 aromatic heterocycles. The van der Waals surface area contributed by atoms with Crippen molar-refractivity contribution in [2.75, 3.05) is 25.0 Å². The van der Waals surface area contributed by atoms with Crippen molar-refractivity contribution in [2.45, 2.75) is 38.6 Å². The molecule has 2 unspecified atom stereocenters. The van der Waals surface area contributed by atoms with Crippen LogP contribution in [0.25, 0.3) is 0 Å². The molecule has 5 heteroatoms. The van der Waals surface area contributed by atoms with Gasteiger partial charge in [-0.05, 0) is 56.0 Å². The molecule has 0 radical (unpaired) electrons. The van der Waals surface area contributed by atoms with Gasteiger partial charge < -0.3 is 10.4 Å². The molecule has 0 saturated carbocycles. The van der Waals surface area contributed by atoms with Crippen molar-refractivity contribution in [3.63, 3.8) is 0 Å². The molecule has 0 aliphatic carbocycles. The number of nitrogens with zero attached hydrogens (tertiary/aromatic N) is 1. The van der Waals surface area contributed by atoms with E-state index in [0.717, 1.165) is 37.2 Å². The average Bonchev–Trinajstić information content (AvgIpc) is 3.03. The van der Waals surface area contributed by atoms with Crippen LogP contribution < -0.4 is 5.32 Å². The van der Waals surface area contributed by atoms with E-state index in [1.807, 2.05) is 25.1 Å². The Kier molecular flexibility index (Phi) is 4.66. The lowest BCUT2D eigenvalue weighted by atomic mass is 9.93. The van der Waals surface area contributed by atoms with Crippen molar-refractivity contribution < 1.29 is 14.7 Å². The summed E-state index contributed by atoms with van der Waals surface area (Å²) in [5.41, 5.74) is 3.07. The van der Waals surface area contributed by atoms with Gasteiger partial charge in [0, 0.05) is 24.3 Å². The fourth-order valence-electron chi connectivity index (χ4n) is 3.75. The number of hydrogen-bond donors (Lipinski definition) is 2. The number of ketones is 1. The molecule has 1 aromatic rings. The molecule has 1 saturated heterocycles. The molecule has 0 bridgehead atoms. The van der Waals surface area contributed by atoms with Gasteiger partial charge in [0.2, 0.25) is 0 Å². The standard InChI is InChI=1S/C18H24N2O3/c1-2-16(20-9-3-4-14(11-20)18(22)23)17(21)13-5-6-15-12(10-13)7-8-19-15/h5-6,10,14,16,19H,2-4,7-9,11H2,1H3,(H,22,23). The maximum Gasteiger partial charge on any atom is 0.307 e. The number of Topliss-reactive ketones (excluding diaryl/α,β-unsaturated/α-hetero) is 1. The molecule has 1 fully saturated rings. The van der Waals surface area contributed by atoms with Crippen LogP contribution in [0, 0.1) is 5.92 Å². The Bertz CT molecular complexity index is 614. The highest BCUT2D eigenvalue weighted by Gasteiger charge is 2.32. The Morgan fingerprint density at radius 1 is 1.43 bits per heavy atom. The van der Waals surface area contributed by atoms with Crippen LogP contribution in [-0.4, -0.2) is 47.4 Å². The monoisotopic (exact) mass is 316 g/mol. The molecule has 2 aliphatic rings. The summed E-state index contributed by atoms with van der Waals surface area (Å²) < 4.78 is 0. The number of carbonyl (C=O) groups excluding carboxylic acids is 1. The van der Waals surface area contributed by atoms with E-state index < -0.39 is 5.97 Å². The van der Waals surface area contributed by atoms with Crippen LogP contribution in [-0.2, 0) is 11.2 Å². The number of carboxylic acid groups (broad SMARTS) is 1. The molecule has 2 heterocycles. The number of anilines is 1. The highest BCUT2D eigenvalue weighted by atomic mass is 16.4. The number of rotatable bonds is 5. The van der Waals surface area contributed by atoms with Gasteiger partial charge in [-0.1, -0.05) is 6.92 Å². The number of nitrogens with one attached hydrogen (secondary N) is 1. The quantitative estimate of drug-likeness (QED) is 0.817. The van der Waals surface area contributed by atoms with Gasteiger partial charge in [0.05, 0.1) is 12.0 Å². The van der Waals surface area contributed by atoms with Crippen molar-refractivity contribution in [3.05, 3.63) is 29.3 Å². The van der Waals surface area contributed by atoms with Gasteiger partial charge in [0.25, 0.3) is 0 Å². The highest BCUT2D eigenvalue weighted by Crippen LogP contribution is 2.26. The summed E-state index contributed by atoms with van der Waals surface area (Å²) in [5, 5.41) is 12.6. The number of aliphatic carboxylic acids is 1. The van der Waals surface area contributed by atoms with Gasteiger partial charge in [0.1, 0.15) is 0 Å². The van der Waals surface area contributed by atoms with Gasteiger partial charge in [0.15, 0.2) is 5.78 Å². The van der Waals surface area contributed by atoms with Crippen LogP contribution in [0.5, 0.6) is 0 Å².